The van der Waals surface area contributed by atoms with E-state index in [-0.39, 0.29) is 27.5 Å². The number of anilines is 1. The van der Waals surface area contributed by atoms with E-state index < -0.39 is 10.8 Å². The first kappa shape index (κ1) is 19.3. The molecule has 3 aromatic rings. The monoisotopic (exact) mass is 397 g/mol. The van der Waals surface area contributed by atoms with Crippen LogP contribution < -0.4 is 10.9 Å². The maximum atomic E-state index is 12.5. The number of nitrogens with zero attached hydrogens (tertiary/aromatic N) is 2. The largest absolute Gasteiger partial charge is 0.322 e. The molecule has 8 heteroatoms. The van der Waals surface area contributed by atoms with E-state index in [0.29, 0.717) is 6.54 Å². The Hall–Kier alpha value is -3.45. The van der Waals surface area contributed by atoms with Crippen molar-refractivity contribution in [1.82, 2.24) is 4.57 Å². The van der Waals surface area contributed by atoms with Crippen LogP contribution in [0.5, 0.6) is 0 Å². The molecule has 1 amide bonds. The van der Waals surface area contributed by atoms with Crippen LogP contribution in [0.4, 0.5) is 11.4 Å². The zero-order valence-electron chi connectivity index (χ0n) is 14.9. The highest BCUT2D eigenvalue weighted by Gasteiger charge is 2.15. The van der Waals surface area contributed by atoms with E-state index in [4.69, 9.17) is 11.6 Å². The van der Waals surface area contributed by atoms with Crippen molar-refractivity contribution in [3.8, 4) is 0 Å². The molecule has 1 N–H and O–H groups in total. The summed E-state index contributed by atoms with van der Waals surface area (Å²) in [7, 11) is 0. The van der Waals surface area contributed by atoms with E-state index in [0.717, 1.165) is 11.1 Å². The number of nitrogens with one attached hydrogen (secondary N) is 1. The van der Waals surface area contributed by atoms with Gasteiger partial charge >= 0.3 is 0 Å². The normalized spacial score (nSPS) is 10.5. The van der Waals surface area contributed by atoms with E-state index in [1.807, 2.05) is 31.2 Å². The van der Waals surface area contributed by atoms with Gasteiger partial charge in [0.05, 0.1) is 17.0 Å². The van der Waals surface area contributed by atoms with Crippen LogP contribution in [0.3, 0.4) is 0 Å². The predicted octanol–water partition coefficient (Wildman–Crippen LogP) is 4.02. The second kappa shape index (κ2) is 8.06. The number of aryl methyl sites for hydroxylation is 1. The van der Waals surface area contributed by atoms with Crippen LogP contribution in [-0.4, -0.2) is 15.4 Å². The summed E-state index contributed by atoms with van der Waals surface area (Å²) < 4.78 is 1.43. The van der Waals surface area contributed by atoms with E-state index in [9.17, 15) is 19.7 Å². The Morgan fingerprint density at radius 1 is 1.14 bits per heavy atom. The Kier molecular flexibility index (Phi) is 5.56. The summed E-state index contributed by atoms with van der Waals surface area (Å²) in [6.07, 6.45) is 1.46. The van der Waals surface area contributed by atoms with Gasteiger partial charge in [-0.15, -0.1) is 0 Å². The first-order chi connectivity index (χ1) is 13.3. The fourth-order valence-electron chi connectivity index (χ4n) is 2.61. The lowest BCUT2D eigenvalue weighted by Gasteiger charge is -2.10. The molecule has 0 spiro atoms. The Balaban J connectivity index is 1.83. The number of halogens is 1. The molecule has 3 rings (SSSR count). The van der Waals surface area contributed by atoms with Gasteiger partial charge in [0.25, 0.3) is 17.2 Å². The minimum absolute atomic E-state index is 0.0188. The number of carbonyl (C=O) groups is 1. The maximum Gasteiger partial charge on any atom is 0.289 e. The molecule has 28 heavy (non-hydrogen) atoms. The number of carbonyl (C=O) groups excluding carboxylic acids is 1. The predicted molar refractivity (Wildman–Crippen MR) is 107 cm³/mol. The first-order valence-electron chi connectivity index (χ1n) is 8.35. The zero-order chi connectivity index (χ0) is 20.3. The topological polar surface area (TPSA) is 94.2 Å². The number of pyridine rings is 1. The summed E-state index contributed by atoms with van der Waals surface area (Å²) in [5.74, 6) is -0.491. The molecule has 142 valence electrons. The Bertz CT molecular complexity index is 1110. The van der Waals surface area contributed by atoms with Crippen LogP contribution in [0.15, 0.2) is 65.6 Å². The first-order valence-corrected chi connectivity index (χ1v) is 8.72. The number of hydrogen-bond donors (Lipinski definition) is 1. The molecule has 0 aliphatic carbocycles. The Labute approximate surface area is 165 Å². The summed E-state index contributed by atoms with van der Waals surface area (Å²) in [5, 5.41) is 13.5. The van der Waals surface area contributed by atoms with Crippen molar-refractivity contribution in [2.24, 2.45) is 0 Å². The molecule has 1 aromatic heterocycles. The molecule has 2 aromatic carbocycles. The number of hydrogen-bond acceptors (Lipinski definition) is 4. The van der Waals surface area contributed by atoms with Crippen molar-refractivity contribution in [3.05, 3.63) is 103 Å². The number of nitro benzene ring substituents is 1. The highest BCUT2D eigenvalue weighted by Crippen LogP contribution is 2.27. The molecular weight excluding hydrogens is 382 g/mol. The number of aromatic nitrogens is 1. The molecule has 7 nitrogen and oxygen atoms in total. The van der Waals surface area contributed by atoms with Crippen molar-refractivity contribution in [1.29, 1.82) is 0 Å². The third kappa shape index (κ3) is 4.44. The van der Waals surface area contributed by atoms with Crippen molar-refractivity contribution in [3.63, 3.8) is 0 Å². The summed E-state index contributed by atoms with van der Waals surface area (Å²) in [5.41, 5.74) is 1.99. The molecule has 0 saturated carbocycles. The maximum absolute atomic E-state index is 12.5. The molecule has 0 aliphatic heterocycles. The molecule has 0 unspecified atom stereocenters. The van der Waals surface area contributed by atoms with E-state index in [2.05, 4.69) is 5.32 Å². The van der Waals surface area contributed by atoms with Crippen molar-refractivity contribution in [2.75, 3.05) is 5.32 Å². The van der Waals surface area contributed by atoms with Gasteiger partial charge in [-0.25, -0.2) is 0 Å². The average Bonchev–Trinajstić information content (AvgIpc) is 2.66. The smallest absolute Gasteiger partial charge is 0.289 e. The van der Waals surface area contributed by atoms with Gasteiger partial charge in [-0.3, -0.25) is 19.7 Å². The fourth-order valence-corrected chi connectivity index (χ4v) is 2.80. The van der Waals surface area contributed by atoms with Gasteiger partial charge in [0.1, 0.15) is 5.02 Å². The van der Waals surface area contributed by atoms with E-state index in [1.54, 1.807) is 0 Å². The third-order valence-corrected chi connectivity index (χ3v) is 4.44. The third-order valence-electron chi connectivity index (χ3n) is 4.12. The summed E-state index contributed by atoms with van der Waals surface area (Å²) in [6, 6.07) is 14.4. The van der Waals surface area contributed by atoms with Gasteiger partial charge in [0.2, 0.25) is 0 Å². The lowest BCUT2D eigenvalue weighted by molar-refractivity contribution is -0.384. The molecule has 0 fully saturated rings. The minimum atomic E-state index is -0.625. The Morgan fingerprint density at radius 2 is 1.86 bits per heavy atom. The van der Waals surface area contributed by atoms with Crippen LogP contribution in [0.2, 0.25) is 5.02 Å². The number of benzene rings is 2. The molecule has 0 saturated heterocycles. The van der Waals surface area contributed by atoms with Gasteiger partial charge in [-0.2, -0.15) is 0 Å². The van der Waals surface area contributed by atoms with Gasteiger partial charge in [0.15, 0.2) is 0 Å². The number of nitro groups is 1. The van der Waals surface area contributed by atoms with Crippen LogP contribution >= 0.6 is 11.6 Å². The van der Waals surface area contributed by atoms with Crippen LogP contribution in [0.1, 0.15) is 21.5 Å². The second-order valence-electron chi connectivity index (χ2n) is 6.25. The summed E-state index contributed by atoms with van der Waals surface area (Å²) >= 11 is 5.78. The fraction of sp³-hybridized carbons (Fsp3) is 0.100. The number of rotatable bonds is 5. The van der Waals surface area contributed by atoms with E-state index in [1.165, 1.54) is 41.1 Å². The molecular formula is C20H16ClN3O4. The summed E-state index contributed by atoms with van der Waals surface area (Å²) in [4.78, 5) is 35.0. The highest BCUT2D eigenvalue weighted by molar-refractivity contribution is 6.32. The second-order valence-corrected chi connectivity index (χ2v) is 6.65. The van der Waals surface area contributed by atoms with Gasteiger partial charge in [0, 0.05) is 24.0 Å². The molecule has 0 radical (unpaired) electrons. The van der Waals surface area contributed by atoms with Gasteiger partial charge in [-0.1, -0.05) is 41.4 Å². The molecule has 0 atom stereocenters. The lowest BCUT2D eigenvalue weighted by atomic mass is 10.1. The SMILES string of the molecule is Cc1ccc(Cn2cc(C(=O)Nc3ccc(Cl)c([N+](=O)[O-])c3)ccc2=O)cc1. The molecule has 0 aliphatic rings. The zero-order valence-corrected chi connectivity index (χ0v) is 15.6. The van der Waals surface area contributed by atoms with Gasteiger partial charge in [-0.05, 0) is 30.7 Å². The number of amides is 1. The summed E-state index contributed by atoms with van der Waals surface area (Å²) in [6.45, 7) is 2.30. The highest BCUT2D eigenvalue weighted by atomic mass is 35.5. The van der Waals surface area contributed by atoms with Crippen LogP contribution in [0.25, 0.3) is 0 Å². The average molecular weight is 398 g/mol. The van der Waals surface area contributed by atoms with E-state index >= 15 is 0 Å². The van der Waals surface area contributed by atoms with Crippen molar-refractivity contribution < 1.29 is 9.72 Å². The van der Waals surface area contributed by atoms with Gasteiger partial charge < -0.3 is 9.88 Å². The van der Waals surface area contributed by atoms with Crippen molar-refractivity contribution >= 4 is 28.9 Å². The van der Waals surface area contributed by atoms with Crippen LogP contribution in [-0.2, 0) is 6.54 Å². The minimum Gasteiger partial charge on any atom is -0.322 e. The standard InChI is InChI=1S/C20H16ClN3O4/c1-13-2-4-14(5-3-13)11-23-12-15(6-9-19(23)25)20(26)22-16-7-8-17(21)18(10-16)24(27)28/h2-10,12H,11H2,1H3,(H,22,26). The quantitative estimate of drug-likeness (QED) is 0.519. The molecule has 1 heterocycles. The van der Waals surface area contributed by atoms with Crippen LogP contribution in [0, 0.1) is 17.0 Å². The Morgan fingerprint density at radius 3 is 2.54 bits per heavy atom. The lowest BCUT2D eigenvalue weighted by Crippen LogP contribution is -2.22. The molecule has 0 bridgehead atoms. The van der Waals surface area contributed by atoms with Crippen molar-refractivity contribution in [2.45, 2.75) is 13.5 Å².